The van der Waals surface area contributed by atoms with Crippen LogP contribution in [0.2, 0.25) is 5.02 Å². The molecule has 23 heavy (non-hydrogen) atoms. The molecule has 0 saturated heterocycles. The van der Waals surface area contributed by atoms with Gasteiger partial charge in [0.15, 0.2) is 0 Å². The van der Waals surface area contributed by atoms with Gasteiger partial charge in [-0.3, -0.25) is 4.57 Å². The van der Waals surface area contributed by atoms with Gasteiger partial charge in [0.1, 0.15) is 6.33 Å². The molecule has 1 heterocycles. The summed E-state index contributed by atoms with van der Waals surface area (Å²) in [7, 11) is 1.31. The Morgan fingerprint density at radius 1 is 1.22 bits per heavy atom. The number of halogens is 1. The van der Waals surface area contributed by atoms with Gasteiger partial charge in [0.05, 0.1) is 34.3 Å². The molecular weight excluding hydrogens is 320 g/mol. The minimum atomic E-state index is -1.09. The number of nitrogens with zero attached hydrogens (tertiary/aromatic N) is 2. The van der Waals surface area contributed by atoms with E-state index < -0.39 is 11.9 Å². The van der Waals surface area contributed by atoms with E-state index in [4.69, 9.17) is 21.4 Å². The number of fused-ring (bicyclic) bond motifs is 1. The largest absolute Gasteiger partial charge is 0.478 e. The predicted molar refractivity (Wildman–Crippen MR) is 84.4 cm³/mol. The summed E-state index contributed by atoms with van der Waals surface area (Å²) in [5.41, 5.74) is 2.44. The number of ether oxygens (including phenoxy) is 1. The van der Waals surface area contributed by atoms with Crippen molar-refractivity contribution in [2.45, 2.75) is 0 Å². The zero-order valence-electron chi connectivity index (χ0n) is 12.0. The van der Waals surface area contributed by atoms with Gasteiger partial charge in [-0.15, -0.1) is 0 Å². The van der Waals surface area contributed by atoms with Crippen LogP contribution < -0.4 is 0 Å². The molecule has 0 spiro atoms. The molecule has 1 N–H and O–H groups in total. The smallest absolute Gasteiger partial charge is 0.337 e. The normalized spacial score (nSPS) is 10.7. The summed E-state index contributed by atoms with van der Waals surface area (Å²) in [6, 6.07) is 9.60. The number of benzene rings is 2. The number of rotatable bonds is 3. The number of carboxylic acids is 1. The van der Waals surface area contributed by atoms with Gasteiger partial charge in [-0.25, -0.2) is 14.6 Å². The first-order valence-corrected chi connectivity index (χ1v) is 6.97. The standard InChI is InChI=1S/C16H11ClN2O4/c1-23-16(22)9-2-5-13-14(6-9)19(8-18-13)10-3-4-11(15(20)21)12(17)7-10/h2-8H,1H3,(H,20,21). The first-order chi connectivity index (χ1) is 11.0. The molecule has 7 heteroatoms. The van der Waals surface area contributed by atoms with Crippen molar-refractivity contribution in [3.05, 3.63) is 58.9 Å². The van der Waals surface area contributed by atoms with Crippen molar-refractivity contribution in [2.75, 3.05) is 7.11 Å². The Hall–Kier alpha value is -2.86. The van der Waals surface area contributed by atoms with Crippen LogP contribution in [-0.2, 0) is 4.74 Å². The van der Waals surface area contributed by atoms with Crippen molar-refractivity contribution in [3.8, 4) is 5.69 Å². The first kappa shape index (κ1) is 15.1. The highest BCUT2D eigenvalue weighted by Gasteiger charge is 2.13. The molecule has 0 fully saturated rings. The maximum atomic E-state index is 11.7. The lowest BCUT2D eigenvalue weighted by Gasteiger charge is -2.07. The molecule has 6 nitrogen and oxygen atoms in total. The lowest BCUT2D eigenvalue weighted by molar-refractivity contribution is 0.0600. The Morgan fingerprint density at radius 2 is 2.00 bits per heavy atom. The summed E-state index contributed by atoms with van der Waals surface area (Å²) < 4.78 is 6.44. The van der Waals surface area contributed by atoms with Crippen molar-refractivity contribution in [3.63, 3.8) is 0 Å². The Morgan fingerprint density at radius 3 is 2.65 bits per heavy atom. The number of carbonyl (C=O) groups excluding carboxylic acids is 1. The highest BCUT2D eigenvalue weighted by molar-refractivity contribution is 6.33. The Kier molecular flexibility index (Phi) is 3.75. The van der Waals surface area contributed by atoms with E-state index in [0.29, 0.717) is 22.3 Å². The maximum absolute atomic E-state index is 11.7. The number of methoxy groups -OCH3 is 1. The molecular formula is C16H11ClN2O4. The van der Waals surface area contributed by atoms with Crippen molar-refractivity contribution in [2.24, 2.45) is 0 Å². The van der Waals surface area contributed by atoms with Crippen molar-refractivity contribution in [1.82, 2.24) is 9.55 Å². The van der Waals surface area contributed by atoms with Crippen LogP contribution in [0.25, 0.3) is 16.7 Å². The Labute approximate surface area is 135 Å². The number of imidazole rings is 1. The molecule has 116 valence electrons. The van der Waals surface area contributed by atoms with Gasteiger partial charge in [-0.1, -0.05) is 11.6 Å². The summed E-state index contributed by atoms with van der Waals surface area (Å²) in [6.45, 7) is 0. The maximum Gasteiger partial charge on any atom is 0.337 e. The van der Waals surface area contributed by atoms with Crippen LogP contribution in [0.4, 0.5) is 0 Å². The van der Waals surface area contributed by atoms with E-state index in [-0.39, 0.29) is 10.6 Å². The SMILES string of the molecule is COC(=O)c1ccc2ncn(-c3ccc(C(=O)O)c(Cl)c3)c2c1. The minimum absolute atomic E-state index is 0.0232. The summed E-state index contributed by atoms with van der Waals surface area (Å²) in [4.78, 5) is 27.0. The predicted octanol–water partition coefficient (Wildman–Crippen LogP) is 3.16. The van der Waals surface area contributed by atoms with Crippen molar-refractivity contribution >= 4 is 34.6 Å². The lowest BCUT2D eigenvalue weighted by Crippen LogP contribution is -2.02. The molecule has 0 radical (unpaired) electrons. The molecule has 0 unspecified atom stereocenters. The highest BCUT2D eigenvalue weighted by Crippen LogP contribution is 2.24. The van der Waals surface area contributed by atoms with E-state index in [1.807, 2.05) is 0 Å². The summed E-state index contributed by atoms with van der Waals surface area (Å²) in [5, 5.41) is 9.15. The Bertz CT molecular complexity index is 933. The second-order valence-corrected chi connectivity index (χ2v) is 5.19. The van der Waals surface area contributed by atoms with Crippen LogP contribution in [-0.4, -0.2) is 33.7 Å². The number of aromatic carboxylic acids is 1. The van der Waals surface area contributed by atoms with Crippen LogP contribution >= 0.6 is 11.6 Å². The third-order valence-electron chi connectivity index (χ3n) is 3.43. The fraction of sp³-hybridized carbons (Fsp3) is 0.0625. The van der Waals surface area contributed by atoms with Gasteiger partial charge in [-0.05, 0) is 36.4 Å². The van der Waals surface area contributed by atoms with Crippen molar-refractivity contribution < 1.29 is 19.4 Å². The quantitative estimate of drug-likeness (QED) is 0.746. The molecule has 1 aromatic heterocycles. The fourth-order valence-electron chi connectivity index (χ4n) is 2.29. The van der Waals surface area contributed by atoms with E-state index in [0.717, 1.165) is 0 Å². The van der Waals surface area contributed by atoms with Gasteiger partial charge in [0.2, 0.25) is 0 Å². The molecule has 0 aliphatic heterocycles. The molecule has 0 bridgehead atoms. The second-order valence-electron chi connectivity index (χ2n) is 4.78. The van der Waals surface area contributed by atoms with E-state index in [9.17, 15) is 9.59 Å². The third kappa shape index (κ3) is 2.64. The van der Waals surface area contributed by atoms with E-state index >= 15 is 0 Å². The van der Waals surface area contributed by atoms with Crippen LogP contribution in [0, 0.1) is 0 Å². The summed E-state index contributed by atoms with van der Waals surface area (Å²) in [6.07, 6.45) is 1.58. The number of carbonyl (C=O) groups is 2. The molecule has 0 aliphatic rings. The van der Waals surface area contributed by atoms with E-state index in [1.54, 1.807) is 35.2 Å². The zero-order chi connectivity index (χ0) is 16.6. The van der Waals surface area contributed by atoms with Crippen LogP contribution in [0.3, 0.4) is 0 Å². The van der Waals surface area contributed by atoms with Gasteiger partial charge in [-0.2, -0.15) is 0 Å². The molecule has 3 rings (SSSR count). The zero-order valence-corrected chi connectivity index (χ0v) is 12.7. The van der Waals surface area contributed by atoms with E-state index in [1.165, 1.54) is 19.2 Å². The third-order valence-corrected chi connectivity index (χ3v) is 3.74. The highest BCUT2D eigenvalue weighted by atomic mass is 35.5. The lowest BCUT2D eigenvalue weighted by atomic mass is 10.2. The van der Waals surface area contributed by atoms with Gasteiger partial charge >= 0.3 is 11.9 Å². The van der Waals surface area contributed by atoms with Crippen LogP contribution in [0.5, 0.6) is 0 Å². The Balaban J connectivity index is 2.14. The number of carboxylic acid groups (broad SMARTS) is 1. The molecule has 0 saturated carbocycles. The molecule has 0 aliphatic carbocycles. The molecule has 0 amide bonds. The topological polar surface area (TPSA) is 81.4 Å². The number of hydrogen-bond donors (Lipinski definition) is 1. The molecule has 0 atom stereocenters. The van der Waals surface area contributed by atoms with Crippen molar-refractivity contribution in [1.29, 1.82) is 0 Å². The molecule has 3 aromatic rings. The average Bonchev–Trinajstić information content (AvgIpc) is 2.96. The number of esters is 1. The monoisotopic (exact) mass is 330 g/mol. The van der Waals surface area contributed by atoms with Crippen LogP contribution in [0.1, 0.15) is 20.7 Å². The van der Waals surface area contributed by atoms with Gasteiger partial charge in [0.25, 0.3) is 0 Å². The summed E-state index contributed by atoms with van der Waals surface area (Å²) >= 11 is 6.01. The molecule has 2 aromatic carbocycles. The average molecular weight is 331 g/mol. The second kappa shape index (κ2) is 5.73. The number of hydrogen-bond acceptors (Lipinski definition) is 4. The summed E-state index contributed by atoms with van der Waals surface area (Å²) in [5.74, 6) is -1.54. The van der Waals surface area contributed by atoms with Gasteiger partial charge in [0, 0.05) is 5.69 Å². The van der Waals surface area contributed by atoms with E-state index in [2.05, 4.69) is 4.98 Å². The number of aromatic nitrogens is 2. The fourth-order valence-corrected chi connectivity index (χ4v) is 2.54. The minimum Gasteiger partial charge on any atom is -0.478 e. The van der Waals surface area contributed by atoms with Crippen LogP contribution in [0.15, 0.2) is 42.7 Å². The van der Waals surface area contributed by atoms with Gasteiger partial charge < -0.3 is 9.84 Å². The first-order valence-electron chi connectivity index (χ1n) is 6.60.